The van der Waals surface area contributed by atoms with E-state index in [0.717, 1.165) is 19.5 Å². The molecule has 0 aromatic heterocycles. The summed E-state index contributed by atoms with van der Waals surface area (Å²) in [4.78, 5) is 2.19. The van der Waals surface area contributed by atoms with E-state index in [1.807, 2.05) is 0 Å². The third kappa shape index (κ3) is 2.08. The monoisotopic (exact) mass is 242 g/mol. The number of nitrogens with zero attached hydrogens (tertiary/aromatic N) is 1. The molecular formula is C12H16ClFN2. The zero-order valence-electron chi connectivity index (χ0n) is 9.29. The van der Waals surface area contributed by atoms with Crippen molar-refractivity contribution in [3.8, 4) is 0 Å². The van der Waals surface area contributed by atoms with Crippen LogP contribution < -0.4 is 5.73 Å². The van der Waals surface area contributed by atoms with E-state index in [1.165, 1.54) is 6.07 Å². The van der Waals surface area contributed by atoms with Crippen molar-refractivity contribution < 1.29 is 4.39 Å². The molecule has 0 spiro atoms. The summed E-state index contributed by atoms with van der Waals surface area (Å²) in [6, 6.07) is 4.62. The number of likely N-dealkylation sites (N-methyl/N-ethyl adjacent to an activating group) is 1. The van der Waals surface area contributed by atoms with Gasteiger partial charge in [-0.2, -0.15) is 0 Å². The topological polar surface area (TPSA) is 29.3 Å². The summed E-state index contributed by atoms with van der Waals surface area (Å²) in [5.41, 5.74) is 6.67. The lowest BCUT2D eigenvalue weighted by atomic mass is 10.0. The van der Waals surface area contributed by atoms with E-state index in [1.54, 1.807) is 12.1 Å². The Morgan fingerprint density at radius 3 is 3.00 bits per heavy atom. The molecule has 2 atom stereocenters. The number of rotatable bonds is 2. The molecule has 1 aliphatic rings. The van der Waals surface area contributed by atoms with Gasteiger partial charge >= 0.3 is 0 Å². The minimum atomic E-state index is -0.217. The summed E-state index contributed by atoms with van der Waals surface area (Å²) in [5.74, 6) is -0.217. The molecule has 0 amide bonds. The molecule has 1 saturated heterocycles. The molecule has 1 aliphatic heterocycles. The third-order valence-corrected chi connectivity index (χ3v) is 3.47. The predicted octanol–water partition coefficient (Wildman–Crippen LogP) is 2.57. The fourth-order valence-electron chi connectivity index (χ4n) is 2.41. The Labute approximate surface area is 100 Å². The Kier molecular flexibility index (Phi) is 3.47. The standard InChI is InChI=1S/C12H16ClFN2/c1-2-16-6-5-11(15)12(16)9-7-8(13)3-4-10(9)14/h3-4,7,11-12H,2,5-6,15H2,1H3. The second kappa shape index (κ2) is 4.70. The van der Waals surface area contributed by atoms with Crippen LogP contribution >= 0.6 is 11.6 Å². The van der Waals surface area contributed by atoms with Gasteiger partial charge in [-0.15, -0.1) is 0 Å². The van der Waals surface area contributed by atoms with Gasteiger partial charge in [-0.05, 0) is 31.2 Å². The Balaban J connectivity index is 2.37. The van der Waals surface area contributed by atoms with Crippen molar-refractivity contribution in [3.05, 3.63) is 34.6 Å². The van der Waals surface area contributed by atoms with Crippen LogP contribution in [0.5, 0.6) is 0 Å². The molecule has 1 fully saturated rings. The van der Waals surface area contributed by atoms with Gasteiger partial charge in [0.25, 0.3) is 0 Å². The molecule has 16 heavy (non-hydrogen) atoms. The summed E-state index contributed by atoms with van der Waals surface area (Å²) in [7, 11) is 0. The van der Waals surface area contributed by atoms with Crippen molar-refractivity contribution in [2.45, 2.75) is 25.4 Å². The smallest absolute Gasteiger partial charge is 0.128 e. The van der Waals surface area contributed by atoms with Crippen molar-refractivity contribution in [1.82, 2.24) is 4.90 Å². The zero-order chi connectivity index (χ0) is 11.7. The predicted molar refractivity (Wildman–Crippen MR) is 64.0 cm³/mol. The van der Waals surface area contributed by atoms with Crippen molar-refractivity contribution in [3.63, 3.8) is 0 Å². The molecular weight excluding hydrogens is 227 g/mol. The average Bonchev–Trinajstić information content (AvgIpc) is 2.63. The van der Waals surface area contributed by atoms with Gasteiger partial charge in [-0.25, -0.2) is 4.39 Å². The minimum absolute atomic E-state index is 0.00656. The maximum Gasteiger partial charge on any atom is 0.128 e. The molecule has 4 heteroatoms. The Morgan fingerprint density at radius 2 is 2.31 bits per heavy atom. The van der Waals surface area contributed by atoms with E-state index in [4.69, 9.17) is 17.3 Å². The van der Waals surface area contributed by atoms with Crippen LogP contribution in [0, 0.1) is 5.82 Å². The van der Waals surface area contributed by atoms with E-state index in [9.17, 15) is 4.39 Å². The van der Waals surface area contributed by atoms with E-state index >= 15 is 0 Å². The summed E-state index contributed by atoms with van der Waals surface area (Å²) < 4.78 is 13.8. The van der Waals surface area contributed by atoms with E-state index < -0.39 is 0 Å². The number of nitrogens with two attached hydrogens (primary N) is 1. The molecule has 88 valence electrons. The summed E-state index contributed by atoms with van der Waals surface area (Å²) in [5, 5.41) is 0.562. The largest absolute Gasteiger partial charge is 0.326 e. The molecule has 1 heterocycles. The third-order valence-electron chi connectivity index (χ3n) is 3.23. The van der Waals surface area contributed by atoms with Crippen LogP contribution in [0.15, 0.2) is 18.2 Å². The maximum absolute atomic E-state index is 13.8. The summed E-state index contributed by atoms with van der Waals surface area (Å²) in [6.07, 6.45) is 0.907. The van der Waals surface area contributed by atoms with Crippen LogP contribution in [0.3, 0.4) is 0 Å². The molecule has 0 radical (unpaired) electrons. The summed E-state index contributed by atoms with van der Waals surface area (Å²) >= 11 is 5.91. The quantitative estimate of drug-likeness (QED) is 0.864. The molecule has 1 aromatic carbocycles. The average molecular weight is 243 g/mol. The Hall–Kier alpha value is -0.640. The molecule has 2 nitrogen and oxygen atoms in total. The van der Waals surface area contributed by atoms with Crippen LogP contribution in [-0.2, 0) is 0 Å². The van der Waals surface area contributed by atoms with Gasteiger partial charge in [0.1, 0.15) is 5.82 Å². The fourth-order valence-corrected chi connectivity index (χ4v) is 2.59. The second-order valence-electron chi connectivity index (χ2n) is 4.19. The maximum atomic E-state index is 13.8. The number of hydrogen-bond acceptors (Lipinski definition) is 2. The van der Waals surface area contributed by atoms with Crippen molar-refractivity contribution in [2.24, 2.45) is 5.73 Å². The first-order valence-electron chi connectivity index (χ1n) is 5.58. The van der Waals surface area contributed by atoms with Crippen LogP contribution in [-0.4, -0.2) is 24.0 Å². The number of halogens is 2. The van der Waals surface area contributed by atoms with Crippen LogP contribution in [0.25, 0.3) is 0 Å². The Morgan fingerprint density at radius 1 is 1.56 bits per heavy atom. The zero-order valence-corrected chi connectivity index (χ0v) is 10.0. The fraction of sp³-hybridized carbons (Fsp3) is 0.500. The van der Waals surface area contributed by atoms with Gasteiger partial charge < -0.3 is 5.73 Å². The first-order valence-corrected chi connectivity index (χ1v) is 5.96. The number of benzene rings is 1. The highest BCUT2D eigenvalue weighted by Crippen LogP contribution is 2.33. The van der Waals surface area contributed by atoms with Gasteiger partial charge in [-0.3, -0.25) is 4.90 Å². The van der Waals surface area contributed by atoms with Crippen molar-refractivity contribution >= 4 is 11.6 Å². The van der Waals surface area contributed by atoms with E-state index in [0.29, 0.717) is 10.6 Å². The van der Waals surface area contributed by atoms with E-state index in [-0.39, 0.29) is 17.9 Å². The lowest BCUT2D eigenvalue weighted by Crippen LogP contribution is -2.32. The van der Waals surface area contributed by atoms with Gasteiger partial charge in [0.15, 0.2) is 0 Å². The molecule has 2 rings (SSSR count). The molecule has 0 aliphatic carbocycles. The van der Waals surface area contributed by atoms with Crippen LogP contribution in [0.1, 0.15) is 24.9 Å². The highest BCUT2D eigenvalue weighted by molar-refractivity contribution is 6.30. The number of likely N-dealkylation sites (tertiary alicyclic amines) is 1. The van der Waals surface area contributed by atoms with Crippen LogP contribution in [0.4, 0.5) is 4.39 Å². The molecule has 2 unspecified atom stereocenters. The highest BCUT2D eigenvalue weighted by atomic mass is 35.5. The Bertz CT molecular complexity index is 383. The van der Waals surface area contributed by atoms with Crippen molar-refractivity contribution in [2.75, 3.05) is 13.1 Å². The van der Waals surface area contributed by atoms with Gasteiger partial charge in [0.2, 0.25) is 0 Å². The first kappa shape index (κ1) is 11.8. The number of hydrogen-bond donors (Lipinski definition) is 1. The lowest BCUT2D eigenvalue weighted by Gasteiger charge is -2.26. The van der Waals surface area contributed by atoms with Crippen LogP contribution in [0.2, 0.25) is 5.02 Å². The highest BCUT2D eigenvalue weighted by Gasteiger charge is 2.33. The van der Waals surface area contributed by atoms with Crippen molar-refractivity contribution in [1.29, 1.82) is 0 Å². The van der Waals surface area contributed by atoms with Gasteiger partial charge in [0.05, 0.1) is 6.04 Å². The molecule has 1 aromatic rings. The summed E-state index contributed by atoms with van der Waals surface area (Å²) in [6.45, 7) is 3.87. The molecule has 2 N–H and O–H groups in total. The first-order chi connectivity index (χ1) is 7.63. The minimum Gasteiger partial charge on any atom is -0.326 e. The van der Waals surface area contributed by atoms with Gasteiger partial charge in [-0.1, -0.05) is 18.5 Å². The van der Waals surface area contributed by atoms with Gasteiger partial charge in [0, 0.05) is 23.2 Å². The molecule has 0 saturated carbocycles. The SMILES string of the molecule is CCN1CCC(N)C1c1cc(Cl)ccc1F. The normalized spacial score (nSPS) is 26.2. The molecule has 0 bridgehead atoms. The second-order valence-corrected chi connectivity index (χ2v) is 4.63. The van der Waals surface area contributed by atoms with E-state index in [2.05, 4.69) is 11.8 Å². The lowest BCUT2D eigenvalue weighted by molar-refractivity contribution is 0.255.